The van der Waals surface area contributed by atoms with E-state index < -0.39 is 0 Å². The summed E-state index contributed by atoms with van der Waals surface area (Å²) in [6.45, 7) is 5.90. The highest BCUT2D eigenvalue weighted by molar-refractivity contribution is 5.95. The normalized spacial score (nSPS) is 27.4. The average molecular weight is 387 g/mol. The fourth-order valence-electron chi connectivity index (χ4n) is 5.56. The third kappa shape index (κ3) is 3.70. The second-order valence-corrected chi connectivity index (χ2v) is 9.12. The van der Waals surface area contributed by atoms with Gasteiger partial charge in [-0.1, -0.05) is 12.8 Å². The van der Waals surface area contributed by atoms with Gasteiger partial charge in [-0.2, -0.15) is 5.10 Å². The number of amides is 2. The molecule has 6 nitrogen and oxygen atoms in total. The van der Waals surface area contributed by atoms with Crippen molar-refractivity contribution >= 4 is 11.8 Å². The third-order valence-electron chi connectivity index (χ3n) is 7.25. The Morgan fingerprint density at radius 2 is 1.61 bits per heavy atom. The predicted molar refractivity (Wildman–Crippen MR) is 108 cm³/mol. The van der Waals surface area contributed by atoms with Crippen molar-refractivity contribution in [3.8, 4) is 0 Å². The Morgan fingerprint density at radius 1 is 0.964 bits per heavy atom. The molecule has 1 saturated carbocycles. The van der Waals surface area contributed by atoms with E-state index in [0.29, 0.717) is 5.91 Å². The fraction of sp³-hybridized carbons (Fsp3) is 0.773. The molecule has 28 heavy (non-hydrogen) atoms. The monoisotopic (exact) mass is 386 g/mol. The van der Waals surface area contributed by atoms with Crippen LogP contribution in [0, 0.1) is 5.92 Å². The van der Waals surface area contributed by atoms with Gasteiger partial charge >= 0.3 is 0 Å². The van der Waals surface area contributed by atoms with Crippen molar-refractivity contribution in [2.75, 3.05) is 13.1 Å². The number of aromatic nitrogens is 2. The van der Waals surface area contributed by atoms with E-state index >= 15 is 0 Å². The lowest BCUT2D eigenvalue weighted by Crippen LogP contribution is -2.47. The van der Waals surface area contributed by atoms with Crippen LogP contribution in [0.3, 0.4) is 0 Å². The van der Waals surface area contributed by atoms with E-state index in [-0.39, 0.29) is 29.8 Å². The first-order valence-electron chi connectivity index (χ1n) is 11.2. The Kier molecular flexibility index (Phi) is 5.74. The molecule has 4 rings (SSSR count). The number of carbonyl (C=O) groups is 2. The average Bonchev–Trinajstić information content (AvgIpc) is 3.39. The Morgan fingerprint density at radius 3 is 2.25 bits per heavy atom. The summed E-state index contributed by atoms with van der Waals surface area (Å²) in [4.78, 5) is 30.1. The maximum absolute atomic E-state index is 13.3. The predicted octanol–water partition coefficient (Wildman–Crippen LogP) is 3.71. The summed E-state index contributed by atoms with van der Waals surface area (Å²) in [5, 5.41) is 7.35. The van der Waals surface area contributed by atoms with E-state index in [1.165, 1.54) is 19.3 Å². The zero-order valence-corrected chi connectivity index (χ0v) is 17.3. The van der Waals surface area contributed by atoms with Gasteiger partial charge in [-0.3, -0.25) is 14.7 Å². The number of hydrogen-bond donors (Lipinski definition) is 1. The van der Waals surface area contributed by atoms with Crippen LogP contribution in [0.25, 0.3) is 0 Å². The van der Waals surface area contributed by atoms with Crippen molar-refractivity contribution < 1.29 is 9.59 Å². The molecule has 3 fully saturated rings. The minimum atomic E-state index is 0.118. The fourth-order valence-corrected chi connectivity index (χ4v) is 5.56. The number of hydrogen-bond acceptors (Lipinski definition) is 3. The van der Waals surface area contributed by atoms with Gasteiger partial charge in [0.25, 0.3) is 5.91 Å². The lowest BCUT2D eigenvalue weighted by Gasteiger charge is -2.39. The van der Waals surface area contributed by atoms with Gasteiger partial charge in [0.1, 0.15) is 0 Å². The van der Waals surface area contributed by atoms with Gasteiger partial charge in [0.2, 0.25) is 5.91 Å². The summed E-state index contributed by atoms with van der Waals surface area (Å²) in [6, 6.07) is 0.565. The van der Waals surface area contributed by atoms with E-state index in [4.69, 9.17) is 0 Å². The van der Waals surface area contributed by atoms with Crippen molar-refractivity contribution in [1.29, 1.82) is 0 Å². The zero-order chi connectivity index (χ0) is 19.7. The first-order valence-corrected chi connectivity index (χ1v) is 11.2. The van der Waals surface area contributed by atoms with Crippen LogP contribution in [-0.2, 0) is 4.79 Å². The molecule has 1 aromatic heterocycles. The highest BCUT2D eigenvalue weighted by Gasteiger charge is 2.35. The van der Waals surface area contributed by atoms with E-state index in [2.05, 4.69) is 33.8 Å². The summed E-state index contributed by atoms with van der Waals surface area (Å²) in [5.74, 6) is 1.01. The number of nitrogens with one attached hydrogen (secondary N) is 1. The van der Waals surface area contributed by atoms with Crippen LogP contribution in [0.2, 0.25) is 0 Å². The first kappa shape index (κ1) is 19.5. The summed E-state index contributed by atoms with van der Waals surface area (Å²) < 4.78 is 0. The highest BCUT2D eigenvalue weighted by atomic mass is 16.2. The molecule has 2 atom stereocenters. The second-order valence-electron chi connectivity index (χ2n) is 9.12. The van der Waals surface area contributed by atoms with E-state index in [9.17, 15) is 9.59 Å². The lowest BCUT2D eigenvalue weighted by atomic mass is 9.89. The van der Waals surface area contributed by atoms with Crippen molar-refractivity contribution in [2.45, 2.75) is 89.6 Å². The molecule has 2 amide bonds. The maximum Gasteiger partial charge on any atom is 0.257 e. The van der Waals surface area contributed by atoms with Crippen LogP contribution in [0.15, 0.2) is 6.20 Å². The molecule has 154 valence electrons. The van der Waals surface area contributed by atoms with Gasteiger partial charge in [0, 0.05) is 37.0 Å². The molecular weight excluding hydrogens is 352 g/mol. The summed E-state index contributed by atoms with van der Waals surface area (Å²) in [5.41, 5.74) is 1.71. The standard InChI is InChI=1S/C22H34N4O2/c1-15-6-5-7-16(2)26(15)22(28)19-14-23-24-20(19)17-10-12-25(13-11-17)21(27)18-8-3-4-9-18/h14-18H,3-13H2,1-2H3,(H,23,24)/t15-,16-/m0/s1. The molecule has 1 aromatic rings. The minimum Gasteiger partial charge on any atom is -0.342 e. The van der Waals surface area contributed by atoms with Gasteiger partial charge in [0.15, 0.2) is 0 Å². The molecule has 1 aliphatic carbocycles. The SMILES string of the molecule is C[C@H]1CCC[C@H](C)N1C(=O)c1cn[nH]c1C1CCN(C(=O)C2CCCC2)CC1. The molecular formula is C22H34N4O2. The van der Waals surface area contributed by atoms with Crippen LogP contribution >= 0.6 is 0 Å². The smallest absolute Gasteiger partial charge is 0.257 e. The first-order chi connectivity index (χ1) is 13.6. The van der Waals surface area contributed by atoms with E-state index in [1.54, 1.807) is 6.20 Å². The molecule has 0 radical (unpaired) electrons. The van der Waals surface area contributed by atoms with Crippen LogP contribution in [-0.4, -0.2) is 57.0 Å². The van der Waals surface area contributed by atoms with Gasteiger partial charge in [-0.25, -0.2) is 0 Å². The summed E-state index contributed by atoms with van der Waals surface area (Å²) >= 11 is 0. The van der Waals surface area contributed by atoms with Gasteiger partial charge < -0.3 is 9.80 Å². The Balaban J connectivity index is 1.42. The molecule has 3 aliphatic rings. The molecule has 3 heterocycles. The van der Waals surface area contributed by atoms with E-state index in [1.807, 2.05) is 0 Å². The largest absolute Gasteiger partial charge is 0.342 e. The van der Waals surface area contributed by atoms with Gasteiger partial charge in [0.05, 0.1) is 17.5 Å². The van der Waals surface area contributed by atoms with Crippen molar-refractivity contribution in [3.63, 3.8) is 0 Å². The number of H-pyrrole nitrogens is 1. The van der Waals surface area contributed by atoms with Crippen molar-refractivity contribution in [3.05, 3.63) is 17.5 Å². The third-order valence-corrected chi connectivity index (χ3v) is 7.25. The Bertz CT molecular complexity index is 691. The number of aromatic amines is 1. The second kappa shape index (κ2) is 8.26. The van der Waals surface area contributed by atoms with Crippen LogP contribution in [0.5, 0.6) is 0 Å². The minimum absolute atomic E-state index is 0.118. The highest BCUT2D eigenvalue weighted by Crippen LogP contribution is 2.33. The van der Waals surface area contributed by atoms with Gasteiger partial charge in [-0.15, -0.1) is 0 Å². The summed E-state index contributed by atoms with van der Waals surface area (Å²) in [6.07, 6.45) is 11.4. The molecule has 0 aromatic carbocycles. The Hall–Kier alpha value is -1.85. The van der Waals surface area contributed by atoms with Crippen molar-refractivity contribution in [1.82, 2.24) is 20.0 Å². The zero-order valence-electron chi connectivity index (χ0n) is 17.3. The van der Waals surface area contributed by atoms with E-state index in [0.717, 1.165) is 62.9 Å². The molecule has 0 spiro atoms. The maximum atomic E-state index is 13.3. The molecule has 2 saturated heterocycles. The molecule has 1 N–H and O–H groups in total. The topological polar surface area (TPSA) is 69.3 Å². The van der Waals surface area contributed by atoms with Crippen LogP contribution < -0.4 is 0 Å². The van der Waals surface area contributed by atoms with Crippen LogP contribution in [0.1, 0.15) is 93.6 Å². The quantitative estimate of drug-likeness (QED) is 0.861. The van der Waals surface area contributed by atoms with Crippen molar-refractivity contribution in [2.24, 2.45) is 5.92 Å². The number of carbonyl (C=O) groups excluding carboxylic acids is 2. The number of rotatable bonds is 3. The Labute approximate surface area is 168 Å². The molecule has 0 bridgehead atoms. The number of piperidine rings is 2. The molecule has 6 heteroatoms. The van der Waals surface area contributed by atoms with Gasteiger partial charge in [-0.05, 0) is 58.8 Å². The lowest BCUT2D eigenvalue weighted by molar-refractivity contribution is -0.136. The van der Waals surface area contributed by atoms with Crippen LogP contribution in [0.4, 0.5) is 0 Å². The number of likely N-dealkylation sites (tertiary alicyclic amines) is 2. The summed E-state index contributed by atoms with van der Waals surface area (Å²) in [7, 11) is 0. The molecule has 2 aliphatic heterocycles. The molecule has 0 unspecified atom stereocenters. The number of nitrogens with zero attached hydrogens (tertiary/aromatic N) is 3.